The molecule has 10 heteroatoms. The summed E-state index contributed by atoms with van der Waals surface area (Å²) in [6, 6.07) is 0. The lowest BCUT2D eigenvalue weighted by Gasteiger charge is -2.19. The van der Waals surface area contributed by atoms with Gasteiger partial charge in [0.2, 0.25) is 0 Å². The van der Waals surface area contributed by atoms with Crippen molar-refractivity contribution in [1.29, 1.82) is 0 Å². The van der Waals surface area contributed by atoms with Crippen molar-refractivity contribution < 1.29 is 37.6 Å². The van der Waals surface area contributed by atoms with E-state index in [4.69, 9.17) is 24.3 Å². The van der Waals surface area contributed by atoms with Gasteiger partial charge in [-0.25, -0.2) is 4.57 Å². The fourth-order valence-corrected chi connectivity index (χ4v) is 8.43. The Morgan fingerprint density at radius 2 is 0.839 bits per heavy atom. The van der Waals surface area contributed by atoms with Crippen molar-refractivity contribution >= 4 is 19.8 Å². The summed E-state index contributed by atoms with van der Waals surface area (Å²) in [6.45, 7) is 3.74. The van der Waals surface area contributed by atoms with Gasteiger partial charge in [-0.3, -0.25) is 18.6 Å². The average molecular weight is 898 g/mol. The molecular formula is C52H100NO8P. The molecule has 0 aliphatic carbocycles. The highest BCUT2D eigenvalue weighted by atomic mass is 31.2. The van der Waals surface area contributed by atoms with E-state index >= 15 is 0 Å². The normalized spacial score (nSPS) is 13.3. The van der Waals surface area contributed by atoms with Crippen LogP contribution < -0.4 is 5.73 Å². The zero-order valence-corrected chi connectivity index (χ0v) is 41.5. The molecule has 0 saturated heterocycles. The maximum absolute atomic E-state index is 12.6. The van der Waals surface area contributed by atoms with Crippen LogP contribution in [-0.2, 0) is 32.7 Å². The molecule has 0 aromatic heterocycles. The third-order valence-corrected chi connectivity index (χ3v) is 12.6. The van der Waals surface area contributed by atoms with E-state index in [0.717, 1.165) is 57.8 Å². The molecule has 0 aromatic rings. The summed E-state index contributed by atoms with van der Waals surface area (Å²) in [5.74, 6) is -0.831. The van der Waals surface area contributed by atoms with Gasteiger partial charge in [0.05, 0.1) is 13.2 Å². The summed E-state index contributed by atoms with van der Waals surface area (Å²) >= 11 is 0. The molecule has 0 spiro atoms. The maximum Gasteiger partial charge on any atom is 0.472 e. The first-order valence-electron chi connectivity index (χ1n) is 26.3. The predicted octanol–water partition coefficient (Wildman–Crippen LogP) is 15.9. The molecule has 0 rings (SSSR count). The van der Waals surface area contributed by atoms with E-state index < -0.39 is 26.5 Å². The minimum atomic E-state index is -4.38. The van der Waals surface area contributed by atoms with Crippen molar-refractivity contribution in [2.45, 2.75) is 270 Å². The third-order valence-electron chi connectivity index (χ3n) is 11.6. The Morgan fingerprint density at radius 3 is 1.26 bits per heavy atom. The van der Waals surface area contributed by atoms with E-state index in [1.165, 1.54) is 173 Å². The number of unbranched alkanes of at least 4 members (excludes halogenated alkanes) is 33. The quantitative estimate of drug-likeness (QED) is 0.0265. The largest absolute Gasteiger partial charge is 0.472 e. The molecule has 2 atom stereocenters. The second-order valence-corrected chi connectivity index (χ2v) is 19.2. The van der Waals surface area contributed by atoms with Crippen LogP contribution in [0, 0.1) is 0 Å². The SMILES string of the molecule is CCCCC/C=C\C/C=C\CCCCCCCC(=O)OC(COC(=O)CCCCCCCCCCCCCCCCCCCCCCCCCCCC)COP(=O)(O)OCCN. The molecule has 3 N–H and O–H groups in total. The van der Waals surface area contributed by atoms with Crippen LogP contribution in [0.5, 0.6) is 0 Å². The lowest BCUT2D eigenvalue weighted by Crippen LogP contribution is -2.29. The van der Waals surface area contributed by atoms with Crippen LogP contribution in [0.15, 0.2) is 24.3 Å². The molecule has 0 heterocycles. The average Bonchev–Trinajstić information content (AvgIpc) is 3.26. The van der Waals surface area contributed by atoms with E-state index in [9.17, 15) is 19.0 Å². The third kappa shape index (κ3) is 48.0. The van der Waals surface area contributed by atoms with Gasteiger partial charge in [-0.05, 0) is 44.9 Å². The Kier molecular flexibility index (Phi) is 47.7. The number of hydrogen-bond acceptors (Lipinski definition) is 8. The molecular weight excluding hydrogens is 798 g/mol. The summed E-state index contributed by atoms with van der Waals surface area (Å²) in [5, 5.41) is 0. The first kappa shape index (κ1) is 60.5. The highest BCUT2D eigenvalue weighted by Gasteiger charge is 2.26. The van der Waals surface area contributed by atoms with Gasteiger partial charge in [0, 0.05) is 19.4 Å². The molecule has 0 aliphatic rings. The summed E-state index contributed by atoms with van der Waals surface area (Å²) in [7, 11) is -4.38. The second-order valence-electron chi connectivity index (χ2n) is 17.8. The van der Waals surface area contributed by atoms with Crippen LogP contribution in [-0.4, -0.2) is 49.3 Å². The molecule has 0 fully saturated rings. The molecule has 0 aliphatic heterocycles. The number of carbonyl (C=O) groups excluding carboxylic acids is 2. The van der Waals surface area contributed by atoms with Crippen molar-refractivity contribution in [3.05, 3.63) is 24.3 Å². The van der Waals surface area contributed by atoms with E-state index in [-0.39, 0.29) is 38.6 Å². The highest BCUT2D eigenvalue weighted by Crippen LogP contribution is 2.43. The molecule has 9 nitrogen and oxygen atoms in total. The number of hydrogen-bond donors (Lipinski definition) is 2. The monoisotopic (exact) mass is 898 g/mol. The summed E-state index contributed by atoms with van der Waals surface area (Å²) in [6.07, 6.45) is 55.2. The minimum absolute atomic E-state index is 0.0527. The lowest BCUT2D eigenvalue weighted by atomic mass is 10.0. The van der Waals surface area contributed by atoms with Crippen LogP contribution >= 0.6 is 7.82 Å². The zero-order chi connectivity index (χ0) is 45.3. The predicted molar refractivity (Wildman–Crippen MR) is 261 cm³/mol. The smallest absolute Gasteiger partial charge is 0.462 e. The number of carbonyl (C=O) groups is 2. The molecule has 0 bridgehead atoms. The second kappa shape index (κ2) is 48.9. The van der Waals surface area contributed by atoms with Gasteiger partial charge in [-0.2, -0.15) is 0 Å². The molecule has 62 heavy (non-hydrogen) atoms. The molecule has 366 valence electrons. The van der Waals surface area contributed by atoms with Gasteiger partial charge in [-0.15, -0.1) is 0 Å². The van der Waals surface area contributed by atoms with Crippen molar-refractivity contribution in [2.24, 2.45) is 5.73 Å². The minimum Gasteiger partial charge on any atom is -0.462 e. The summed E-state index contributed by atoms with van der Waals surface area (Å²) in [4.78, 5) is 35.0. The van der Waals surface area contributed by atoms with Gasteiger partial charge in [0.15, 0.2) is 6.10 Å². The van der Waals surface area contributed by atoms with Crippen LogP contribution in [0.3, 0.4) is 0 Å². The van der Waals surface area contributed by atoms with Crippen LogP contribution in [0.25, 0.3) is 0 Å². The number of allylic oxidation sites excluding steroid dienone is 4. The van der Waals surface area contributed by atoms with Crippen molar-refractivity contribution in [2.75, 3.05) is 26.4 Å². The fourth-order valence-electron chi connectivity index (χ4n) is 7.67. The molecule has 0 amide bonds. The molecule has 0 aromatic carbocycles. The number of ether oxygens (including phenoxy) is 2. The maximum atomic E-state index is 12.6. The van der Waals surface area contributed by atoms with Crippen LogP contribution in [0.1, 0.15) is 264 Å². The van der Waals surface area contributed by atoms with Gasteiger partial charge in [0.1, 0.15) is 6.61 Å². The van der Waals surface area contributed by atoms with Gasteiger partial charge >= 0.3 is 19.8 Å². The summed E-state index contributed by atoms with van der Waals surface area (Å²) in [5.41, 5.74) is 5.36. The summed E-state index contributed by atoms with van der Waals surface area (Å²) < 4.78 is 32.9. The number of phosphoric ester groups is 1. The molecule has 0 saturated carbocycles. The lowest BCUT2D eigenvalue weighted by molar-refractivity contribution is -0.161. The first-order valence-corrected chi connectivity index (χ1v) is 27.8. The van der Waals surface area contributed by atoms with Crippen molar-refractivity contribution in [1.82, 2.24) is 0 Å². The number of esters is 2. The Labute approximate surface area is 382 Å². The topological polar surface area (TPSA) is 134 Å². The van der Waals surface area contributed by atoms with E-state index in [1.54, 1.807) is 0 Å². The fraction of sp³-hybridized carbons (Fsp3) is 0.885. The van der Waals surface area contributed by atoms with Crippen molar-refractivity contribution in [3.8, 4) is 0 Å². The molecule has 2 unspecified atom stereocenters. The Balaban J connectivity index is 3.94. The van der Waals surface area contributed by atoms with Crippen LogP contribution in [0.2, 0.25) is 0 Å². The van der Waals surface area contributed by atoms with E-state index in [0.29, 0.717) is 6.42 Å². The van der Waals surface area contributed by atoms with Crippen LogP contribution in [0.4, 0.5) is 0 Å². The standard InChI is InChI=1S/C52H100NO8P/c1-3-5-7-9-11-13-15-17-19-20-21-22-23-24-25-26-27-28-29-31-32-34-36-38-40-42-44-51(54)58-48-50(49-60-62(56,57)59-47-46-53)61-52(55)45-43-41-39-37-35-33-30-18-16-14-12-10-8-6-4-2/h12,14,18,30,50H,3-11,13,15-17,19-29,31-49,53H2,1-2H3,(H,56,57)/b14-12-,30-18-. The Hall–Kier alpha value is -1.51. The number of phosphoric acid groups is 1. The first-order chi connectivity index (χ1) is 30.3. The van der Waals surface area contributed by atoms with E-state index in [1.807, 2.05) is 0 Å². The van der Waals surface area contributed by atoms with Crippen molar-refractivity contribution in [3.63, 3.8) is 0 Å². The number of nitrogens with two attached hydrogens (primary N) is 1. The Bertz CT molecular complexity index is 1070. The highest BCUT2D eigenvalue weighted by molar-refractivity contribution is 7.47. The van der Waals surface area contributed by atoms with Gasteiger partial charge in [0.25, 0.3) is 0 Å². The van der Waals surface area contributed by atoms with Gasteiger partial charge in [-0.1, -0.05) is 231 Å². The van der Waals surface area contributed by atoms with Gasteiger partial charge < -0.3 is 20.1 Å². The zero-order valence-electron chi connectivity index (χ0n) is 40.6. The number of rotatable bonds is 50. The van der Waals surface area contributed by atoms with E-state index in [2.05, 4.69) is 38.2 Å². The molecule has 0 radical (unpaired) electrons. The Morgan fingerprint density at radius 1 is 0.484 bits per heavy atom.